The first-order chi connectivity index (χ1) is 17.9. The van der Waals surface area contributed by atoms with E-state index in [1.807, 2.05) is 29.2 Å². The molecule has 1 N–H and O–H groups in total. The third kappa shape index (κ3) is 3.62. The van der Waals surface area contributed by atoms with E-state index < -0.39 is 11.5 Å². The second-order valence-corrected chi connectivity index (χ2v) is 10.7. The summed E-state index contributed by atoms with van der Waals surface area (Å²) >= 11 is 0. The van der Waals surface area contributed by atoms with Crippen molar-refractivity contribution in [3.8, 4) is 0 Å². The van der Waals surface area contributed by atoms with Crippen molar-refractivity contribution in [2.24, 2.45) is 13.0 Å². The van der Waals surface area contributed by atoms with Crippen LogP contribution in [0.1, 0.15) is 48.0 Å². The number of pyridine rings is 1. The lowest BCUT2D eigenvalue weighted by Gasteiger charge is -2.37. The van der Waals surface area contributed by atoms with Crippen molar-refractivity contribution in [2.45, 2.75) is 43.7 Å². The van der Waals surface area contributed by atoms with E-state index in [0.717, 1.165) is 30.6 Å². The van der Waals surface area contributed by atoms with E-state index in [0.29, 0.717) is 51.0 Å². The standard InChI is InChI=1S/C28H33N5O4/c1-30-18-19(10-11-24(30)34)26(36)31-13-5-12-29-25(35)22-17-20-7-4-16-33(20)28(22)21-8-2-3-9-23(21)32(27(28)37)15-6-14-31/h2-3,8-11,18,20,22H,4-7,12-17H2,1H3,(H,29,35)/t20-,22-,28+/m0/s1. The lowest BCUT2D eigenvalue weighted by Crippen LogP contribution is -2.56. The number of hydrogen-bond acceptors (Lipinski definition) is 5. The smallest absolute Gasteiger partial charge is 0.255 e. The molecule has 1 spiro atoms. The van der Waals surface area contributed by atoms with Gasteiger partial charge in [-0.05, 0) is 50.8 Å². The quantitative estimate of drug-likeness (QED) is 0.636. The minimum Gasteiger partial charge on any atom is -0.356 e. The zero-order valence-electron chi connectivity index (χ0n) is 21.2. The van der Waals surface area contributed by atoms with Gasteiger partial charge in [0.1, 0.15) is 5.54 Å². The molecule has 4 aliphatic heterocycles. The van der Waals surface area contributed by atoms with Gasteiger partial charge in [-0.2, -0.15) is 0 Å². The zero-order valence-corrected chi connectivity index (χ0v) is 21.2. The summed E-state index contributed by atoms with van der Waals surface area (Å²) in [6.45, 7) is 2.69. The van der Waals surface area contributed by atoms with Crippen LogP contribution in [0.4, 0.5) is 5.69 Å². The number of para-hydroxylation sites is 1. The number of aryl methyl sites for hydroxylation is 1. The maximum absolute atomic E-state index is 14.4. The summed E-state index contributed by atoms with van der Waals surface area (Å²) in [7, 11) is 1.63. The second kappa shape index (κ2) is 9.13. The molecule has 5 heterocycles. The lowest BCUT2D eigenvalue weighted by molar-refractivity contribution is -0.138. The molecule has 1 aromatic heterocycles. The number of nitrogens with zero attached hydrogens (tertiary/aromatic N) is 4. The lowest BCUT2D eigenvalue weighted by atomic mass is 9.78. The fraction of sp³-hybridized carbons (Fsp3) is 0.500. The van der Waals surface area contributed by atoms with Crippen LogP contribution in [-0.4, -0.2) is 70.9 Å². The predicted molar refractivity (Wildman–Crippen MR) is 138 cm³/mol. The highest BCUT2D eigenvalue weighted by molar-refractivity contribution is 6.11. The van der Waals surface area contributed by atoms with E-state index >= 15 is 0 Å². The number of hydrogen-bond donors (Lipinski definition) is 1. The molecule has 0 radical (unpaired) electrons. The van der Waals surface area contributed by atoms with Gasteiger partial charge in [-0.1, -0.05) is 18.2 Å². The highest BCUT2D eigenvalue weighted by Gasteiger charge is 2.66. The Bertz CT molecular complexity index is 1320. The van der Waals surface area contributed by atoms with E-state index in [9.17, 15) is 19.2 Å². The summed E-state index contributed by atoms with van der Waals surface area (Å²) in [6, 6.07) is 11.1. The molecule has 194 valence electrons. The first kappa shape index (κ1) is 23.9. The summed E-state index contributed by atoms with van der Waals surface area (Å²) in [5.74, 6) is -0.665. The third-order valence-electron chi connectivity index (χ3n) is 8.67. The summed E-state index contributed by atoms with van der Waals surface area (Å²) in [4.78, 5) is 59.1. The van der Waals surface area contributed by atoms with Crippen LogP contribution < -0.4 is 15.8 Å². The third-order valence-corrected chi connectivity index (χ3v) is 8.67. The van der Waals surface area contributed by atoms with Crippen molar-refractivity contribution in [2.75, 3.05) is 37.6 Å². The van der Waals surface area contributed by atoms with Crippen molar-refractivity contribution in [1.29, 1.82) is 0 Å². The Morgan fingerprint density at radius 3 is 2.62 bits per heavy atom. The molecule has 37 heavy (non-hydrogen) atoms. The van der Waals surface area contributed by atoms with Crippen molar-refractivity contribution in [1.82, 2.24) is 19.7 Å². The van der Waals surface area contributed by atoms with Crippen LogP contribution in [0.15, 0.2) is 47.4 Å². The van der Waals surface area contributed by atoms with Crippen LogP contribution in [0.2, 0.25) is 0 Å². The Morgan fingerprint density at radius 2 is 1.78 bits per heavy atom. The molecule has 6 rings (SSSR count). The molecule has 2 aromatic rings. The summed E-state index contributed by atoms with van der Waals surface area (Å²) in [5.41, 5.74) is 1.16. The molecule has 3 amide bonds. The van der Waals surface area contributed by atoms with Crippen molar-refractivity contribution in [3.05, 3.63) is 64.1 Å². The first-order valence-electron chi connectivity index (χ1n) is 13.3. The van der Waals surface area contributed by atoms with Gasteiger partial charge >= 0.3 is 0 Å². The molecule has 1 aromatic carbocycles. The van der Waals surface area contributed by atoms with Crippen LogP contribution in [0.3, 0.4) is 0 Å². The molecule has 3 saturated heterocycles. The van der Waals surface area contributed by atoms with Crippen LogP contribution in [0, 0.1) is 5.92 Å². The van der Waals surface area contributed by atoms with Gasteiger partial charge in [0.05, 0.1) is 11.5 Å². The van der Waals surface area contributed by atoms with Gasteiger partial charge in [0.2, 0.25) is 11.5 Å². The number of carbonyl (C=O) groups is 3. The first-order valence-corrected chi connectivity index (χ1v) is 13.3. The molecule has 9 heteroatoms. The van der Waals surface area contributed by atoms with E-state index in [1.54, 1.807) is 24.2 Å². The summed E-state index contributed by atoms with van der Waals surface area (Å²) in [6.07, 6.45) is 5.54. The normalized spacial score (nSPS) is 28.0. The maximum atomic E-state index is 14.4. The van der Waals surface area contributed by atoms with Gasteiger partial charge in [-0.3, -0.25) is 24.1 Å². The van der Waals surface area contributed by atoms with Crippen LogP contribution in [0.5, 0.6) is 0 Å². The Labute approximate surface area is 216 Å². The second-order valence-electron chi connectivity index (χ2n) is 10.7. The van der Waals surface area contributed by atoms with E-state index in [1.165, 1.54) is 10.6 Å². The molecule has 0 unspecified atom stereocenters. The zero-order chi connectivity index (χ0) is 25.7. The maximum Gasteiger partial charge on any atom is 0.255 e. The largest absolute Gasteiger partial charge is 0.356 e. The Morgan fingerprint density at radius 1 is 0.973 bits per heavy atom. The van der Waals surface area contributed by atoms with E-state index in [2.05, 4.69) is 10.2 Å². The number of aromatic nitrogens is 1. The molecular formula is C28H33N5O4. The molecule has 2 bridgehead atoms. The van der Waals surface area contributed by atoms with Gasteiger partial charge in [-0.25, -0.2) is 0 Å². The number of nitrogens with one attached hydrogen (secondary N) is 1. The fourth-order valence-electron chi connectivity index (χ4n) is 7.02. The SMILES string of the molecule is Cn1cc(C(=O)N2CCCNC(=O)[C@@H]3C[C@@H]4CCCN4[C@@]34C(=O)N(CCC2)c2ccccc24)ccc1=O. The Balaban J connectivity index is 1.34. The number of fused-ring (bicyclic) bond motifs is 4. The number of amides is 3. The molecule has 3 fully saturated rings. The van der Waals surface area contributed by atoms with Crippen molar-refractivity contribution >= 4 is 23.4 Å². The topological polar surface area (TPSA) is 95.0 Å². The van der Waals surface area contributed by atoms with Crippen molar-refractivity contribution in [3.63, 3.8) is 0 Å². The van der Waals surface area contributed by atoms with Gasteiger partial charge < -0.3 is 19.7 Å². The van der Waals surface area contributed by atoms with Crippen LogP contribution in [0.25, 0.3) is 0 Å². The molecule has 3 atom stereocenters. The fourth-order valence-corrected chi connectivity index (χ4v) is 7.02. The minimum atomic E-state index is -0.944. The molecule has 4 aliphatic rings. The average Bonchev–Trinajstić information content (AvgIpc) is 3.55. The highest BCUT2D eigenvalue weighted by atomic mass is 16.2. The number of rotatable bonds is 1. The number of anilines is 1. The predicted octanol–water partition coefficient (Wildman–Crippen LogP) is 1.46. The summed E-state index contributed by atoms with van der Waals surface area (Å²) in [5, 5.41) is 3.11. The minimum absolute atomic E-state index is 0.00608. The van der Waals surface area contributed by atoms with Crippen LogP contribution >= 0.6 is 0 Å². The van der Waals surface area contributed by atoms with Gasteiger partial charge in [0.15, 0.2) is 0 Å². The summed E-state index contributed by atoms with van der Waals surface area (Å²) < 4.78 is 1.40. The van der Waals surface area contributed by atoms with E-state index in [-0.39, 0.29) is 29.3 Å². The van der Waals surface area contributed by atoms with Gasteiger partial charge in [0, 0.05) is 62.8 Å². The van der Waals surface area contributed by atoms with Gasteiger partial charge in [0.25, 0.3) is 11.8 Å². The van der Waals surface area contributed by atoms with Gasteiger partial charge in [-0.15, -0.1) is 0 Å². The highest BCUT2D eigenvalue weighted by Crippen LogP contribution is 2.57. The number of benzene rings is 1. The Kier molecular flexibility index (Phi) is 5.90. The molecule has 0 aliphatic carbocycles. The van der Waals surface area contributed by atoms with Crippen molar-refractivity contribution < 1.29 is 14.4 Å². The van der Waals surface area contributed by atoms with Crippen LogP contribution in [-0.2, 0) is 22.2 Å². The molecular weight excluding hydrogens is 470 g/mol. The number of carbonyl (C=O) groups excluding carboxylic acids is 3. The average molecular weight is 504 g/mol. The molecule has 9 nitrogen and oxygen atoms in total. The van der Waals surface area contributed by atoms with E-state index in [4.69, 9.17) is 0 Å². The molecule has 0 saturated carbocycles. The Hall–Kier alpha value is -3.46. The monoisotopic (exact) mass is 503 g/mol.